The first-order chi connectivity index (χ1) is 13.9. The van der Waals surface area contributed by atoms with Crippen molar-refractivity contribution in [3.63, 3.8) is 0 Å². The van der Waals surface area contributed by atoms with Gasteiger partial charge in [-0.25, -0.2) is 23.4 Å². The largest absolute Gasteiger partial charge is 0.324 e. The number of pyridine rings is 1. The first kappa shape index (κ1) is 20.2. The van der Waals surface area contributed by atoms with E-state index in [2.05, 4.69) is 26.3 Å². The Labute approximate surface area is 169 Å². The highest BCUT2D eigenvalue weighted by molar-refractivity contribution is 7.92. The molecule has 0 unspecified atom stereocenters. The van der Waals surface area contributed by atoms with E-state index in [1.165, 1.54) is 11.4 Å². The minimum Gasteiger partial charge on any atom is -0.324 e. The summed E-state index contributed by atoms with van der Waals surface area (Å²) < 4.78 is 24.9. The molecule has 0 aliphatic heterocycles. The van der Waals surface area contributed by atoms with Crippen LogP contribution < -0.4 is 9.62 Å². The molecule has 0 saturated heterocycles. The molecule has 0 amide bonds. The van der Waals surface area contributed by atoms with Gasteiger partial charge in [-0.05, 0) is 48.7 Å². The van der Waals surface area contributed by atoms with Crippen LogP contribution in [0.2, 0.25) is 0 Å². The number of nitrogens with one attached hydrogen (secondary N) is 1. The van der Waals surface area contributed by atoms with Crippen LogP contribution >= 0.6 is 0 Å². The second-order valence-electron chi connectivity index (χ2n) is 6.41. The fourth-order valence-corrected chi connectivity index (χ4v) is 3.20. The van der Waals surface area contributed by atoms with Crippen molar-refractivity contribution >= 4 is 27.5 Å². The Hall–Kier alpha value is -3.51. The molecule has 0 radical (unpaired) electrons. The van der Waals surface area contributed by atoms with E-state index in [1.54, 1.807) is 36.7 Å². The minimum absolute atomic E-state index is 0.413. The fraction of sp³-hybridized carbons (Fsp3) is 0.200. The van der Waals surface area contributed by atoms with Gasteiger partial charge in [0.1, 0.15) is 5.82 Å². The molecular weight excluding hydrogens is 388 g/mol. The van der Waals surface area contributed by atoms with Gasteiger partial charge in [-0.1, -0.05) is 12.1 Å². The maximum Gasteiger partial charge on any atom is 0.233 e. The smallest absolute Gasteiger partial charge is 0.233 e. The zero-order valence-electron chi connectivity index (χ0n) is 16.1. The maximum absolute atomic E-state index is 11.9. The zero-order chi connectivity index (χ0) is 20.9. The van der Waals surface area contributed by atoms with Crippen LogP contribution in [0.4, 0.5) is 17.5 Å². The molecule has 0 aliphatic rings. The van der Waals surface area contributed by atoms with E-state index in [1.807, 2.05) is 18.2 Å². The summed E-state index contributed by atoms with van der Waals surface area (Å²) in [5.41, 5.74) is 2.89. The van der Waals surface area contributed by atoms with Crippen LogP contribution in [-0.2, 0) is 22.9 Å². The number of benzene rings is 1. The van der Waals surface area contributed by atoms with Crippen LogP contribution in [0.1, 0.15) is 16.8 Å². The normalized spacial score (nSPS) is 10.9. The topological polar surface area (TPSA) is 112 Å². The van der Waals surface area contributed by atoms with E-state index in [9.17, 15) is 8.42 Å². The number of aryl methyl sites for hydroxylation is 2. The van der Waals surface area contributed by atoms with Crippen molar-refractivity contribution in [2.24, 2.45) is 0 Å². The zero-order valence-corrected chi connectivity index (χ0v) is 16.9. The Balaban J connectivity index is 1.74. The maximum atomic E-state index is 11.9. The molecule has 0 atom stereocenters. The summed E-state index contributed by atoms with van der Waals surface area (Å²) in [6.45, 7) is 0. The van der Waals surface area contributed by atoms with Gasteiger partial charge in [0.2, 0.25) is 16.0 Å². The number of nitrogens with zero attached hydrogens (tertiary/aromatic N) is 5. The third-order valence-electron chi connectivity index (χ3n) is 4.27. The van der Waals surface area contributed by atoms with Crippen molar-refractivity contribution in [1.82, 2.24) is 15.0 Å². The van der Waals surface area contributed by atoms with Crippen molar-refractivity contribution in [3.05, 3.63) is 71.7 Å². The van der Waals surface area contributed by atoms with Crippen molar-refractivity contribution in [2.75, 3.05) is 22.9 Å². The monoisotopic (exact) mass is 408 g/mol. The fourth-order valence-electron chi connectivity index (χ4n) is 2.72. The average molecular weight is 408 g/mol. The van der Waals surface area contributed by atoms with E-state index in [-0.39, 0.29) is 0 Å². The highest BCUT2D eigenvalue weighted by Gasteiger charge is 2.17. The molecule has 9 heteroatoms. The van der Waals surface area contributed by atoms with Gasteiger partial charge in [0.15, 0.2) is 0 Å². The molecule has 0 spiro atoms. The second-order valence-corrected chi connectivity index (χ2v) is 8.42. The molecule has 8 nitrogen and oxygen atoms in total. The lowest BCUT2D eigenvalue weighted by Crippen LogP contribution is -2.27. The SMILES string of the molecule is CN(c1ncccc1CCc1ccnc(Nc2cccc(C#N)c2)n1)S(C)(=O)=O. The van der Waals surface area contributed by atoms with Gasteiger partial charge in [0, 0.05) is 30.8 Å². The number of hydrogen-bond donors (Lipinski definition) is 1. The summed E-state index contributed by atoms with van der Waals surface area (Å²) in [6, 6.07) is 14.6. The third-order valence-corrected chi connectivity index (χ3v) is 5.44. The van der Waals surface area contributed by atoms with Gasteiger partial charge >= 0.3 is 0 Å². The predicted molar refractivity (Wildman–Crippen MR) is 111 cm³/mol. The van der Waals surface area contributed by atoms with Crippen molar-refractivity contribution in [2.45, 2.75) is 12.8 Å². The van der Waals surface area contributed by atoms with Crippen molar-refractivity contribution < 1.29 is 8.42 Å². The number of nitriles is 1. The molecule has 3 rings (SSSR count). The predicted octanol–water partition coefficient (Wildman–Crippen LogP) is 2.67. The summed E-state index contributed by atoms with van der Waals surface area (Å²) in [7, 11) is -1.91. The van der Waals surface area contributed by atoms with Crippen molar-refractivity contribution in [1.29, 1.82) is 5.26 Å². The minimum atomic E-state index is -3.40. The van der Waals surface area contributed by atoms with Gasteiger partial charge in [-0.15, -0.1) is 0 Å². The van der Waals surface area contributed by atoms with Crippen LogP contribution in [0.25, 0.3) is 0 Å². The molecule has 2 heterocycles. The van der Waals surface area contributed by atoms with Gasteiger partial charge in [0.05, 0.1) is 17.9 Å². The molecular formula is C20H20N6O2S. The molecule has 2 aromatic heterocycles. The molecule has 29 heavy (non-hydrogen) atoms. The third kappa shape index (κ3) is 5.27. The lowest BCUT2D eigenvalue weighted by molar-refractivity contribution is 0.599. The van der Waals surface area contributed by atoms with Crippen LogP contribution in [0.3, 0.4) is 0 Å². The van der Waals surface area contributed by atoms with Crippen LogP contribution in [-0.4, -0.2) is 36.7 Å². The van der Waals surface area contributed by atoms with Gasteiger partial charge in [0.25, 0.3) is 0 Å². The first-order valence-corrected chi connectivity index (χ1v) is 10.7. The number of sulfonamides is 1. The summed E-state index contributed by atoms with van der Waals surface area (Å²) in [5, 5.41) is 12.1. The van der Waals surface area contributed by atoms with E-state index in [4.69, 9.17) is 5.26 Å². The Bertz CT molecular complexity index is 1160. The number of anilines is 3. The first-order valence-electron chi connectivity index (χ1n) is 8.84. The lowest BCUT2D eigenvalue weighted by Gasteiger charge is -2.18. The average Bonchev–Trinajstić information content (AvgIpc) is 2.71. The summed E-state index contributed by atoms with van der Waals surface area (Å²) >= 11 is 0. The molecule has 0 fully saturated rings. The van der Waals surface area contributed by atoms with E-state index in [0.29, 0.717) is 30.2 Å². The highest BCUT2D eigenvalue weighted by atomic mass is 32.2. The summed E-state index contributed by atoms with van der Waals surface area (Å²) in [6.07, 6.45) is 5.54. The Morgan fingerprint density at radius 3 is 2.69 bits per heavy atom. The van der Waals surface area contributed by atoms with Crippen molar-refractivity contribution in [3.8, 4) is 6.07 Å². The Morgan fingerprint density at radius 2 is 1.93 bits per heavy atom. The van der Waals surface area contributed by atoms with E-state index < -0.39 is 10.0 Å². The van der Waals surface area contributed by atoms with Gasteiger partial charge in [-0.2, -0.15) is 5.26 Å². The standard InChI is InChI=1S/C20H20N6O2S/c1-26(29(2,27)28)19-16(6-4-11-22-19)8-9-17-10-12-23-20(24-17)25-18-7-3-5-15(13-18)14-21/h3-7,10-13H,8-9H2,1-2H3,(H,23,24,25). The van der Waals surface area contributed by atoms with Gasteiger partial charge in [-0.3, -0.25) is 4.31 Å². The number of hydrogen-bond acceptors (Lipinski definition) is 7. The van der Waals surface area contributed by atoms with Crippen LogP contribution in [0.5, 0.6) is 0 Å². The molecule has 3 aromatic rings. The summed E-state index contributed by atoms with van der Waals surface area (Å²) in [5.74, 6) is 0.841. The van der Waals surface area contributed by atoms with E-state index in [0.717, 1.165) is 23.2 Å². The number of rotatable bonds is 7. The summed E-state index contributed by atoms with van der Waals surface area (Å²) in [4.78, 5) is 12.9. The molecule has 148 valence electrons. The highest BCUT2D eigenvalue weighted by Crippen LogP contribution is 2.20. The Morgan fingerprint density at radius 1 is 1.10 bits per heavy atom. The molecule has 0 saturated carbocycles. The molecule has 1 N–H and O–H groups in total. The molecule has 0 aliphatic carbocycles. The molecule has 1 aromatic carbocycles. The van der Waals surface area contributed by atoms with E-state index >= 15 is 0 Å². The second kappa shape index (κ2) is 8.67. The van der Waals surface area contributed by atoms with Crippen LogP contribution in [0, 0.1) is 11.3 Å². The lowest BCUT2D eigenvalue weighted by atomic mass is 10.1. The quantitative estimate of drug-likeness (QED) is 0.639. The molecule has 0 bridgehead atoms. The number of aromatic nitrogens is 3. The Kier molecular flexibility index (Phi) is 6.04. The van der Waals surface area contributed by atoms with Gasteiger partial charge < -0.3 is 5.32 Å². The van der Waals surface area contributed by atoms with Crippen LogP contribution in [0.15, 0.2) is 54.9 Å².